The Morgan fingerprint density at radius 1 is 1.44 bits per heavy atom. The first kappa shape index (κ1) is 12.4. The van der Waals surface area contributed by atoms with E-state index in [0.29, 0.717) is 10.7 Å². The Labute approximate surface area is 100 Å². The van der Waals surface area contributed by atoms with Gasteiger partial charge in [0.1, 0.15) is 0 Å². The van der Waals surface area contributed by atoms with Crippen molar-refractivity contribution in [2.75, 3.05) is 12.4 Å². The van der Waals surface area contributed by atoms with Crippen molar-refractivity contribution in [3.8, 4) is 12.0 Å². The van der Waals surface area contributed by atoms with Crippen LogP contribution in [0.3, 0.4) is 0 Å². The van der Waals surface area contributed by atoms with Crippen LogP contribution in [0, 0.1) is 12.0 Å². The van der Waals surface area contributed by atoms with Gasteiger partial charge in [-0.05, 0) is 24.3 Å². The fraction of sp³-hybridized carbons (Fsp3) is 0.250. The Balaban J connectivity index is 2.60. The molecule has 0 bridgehead atoms. The van der Waals surface area contributed by atoms with E-state index in [-0.39, 0.29) is 6.03 Å². The highest BCUT2D eigenvalue weighted by Crippen LogP contribution is 2.13. The van der Waals surface area contributed by atoms with Gasteiger partial charge in [0.2, 0.25) is 0 Å². The predicted molar refractivity (Wildman–Crippen MR) is 66.3 cm³/mol. The van der Waals surface area contributed by atoms with E-state index >= 15 is 0 Å². The minimum atomic E-state index is -0.261. The molecule has 0 radical (unpaired) electrons. The van der Waals surface area contributed by atoms with Gasteiger partial charge in [0.25, 0.3) is 0 Å². The van der Waals surface area contributed by atoms with Crippen LogP contribution in [0.5, 0.6) is 0 Å². The van der Waals surface area contributed by atoms with Gasteiger partial charge >= 0.3 is 6.03 Å². The van der Waals surface area contributed by atoms with Gasteiger partial charge in [-0.3, -0.25) is 4.90 Å². The number of nitrogens with one attached hydrogen (secondary N) is 1. The number of halogens is 1. The van der Waals surface area contributed by atoms with Crippen molar-refractivity contribution in [2.24, 2.45) is 0 Å². The number of rotatable bonds is 1. The zero-order valence-electron chi connectivity index (χ0n) is 9.25. The molecule has 0 saturated heterocycles. The van der Waals surface area contributed by atoms with Crippen LogP contribution in [0.15, 0.2) is 24.3 Å². The number of carbonyl (C=O) groups excluding carboxylic acids is 1. The van der Waals surface area contributed by atoms with Gasteiger partial charge in [0, 0.05) is 30.2 Å². The minimum Gasteiger partial charge on any atom is -0.307 e. The molecule has 1 N–H and O–H groups in total. The molecule has 1 aromatic carbocycles. The van der Waals surface area contributed by atoms with Gasteiger partial charge < -0.3 is 5.32 Å². The van der Waals surface area contributed by atoms with Crippen LogP contribution < -0.4 is 5.32 Å². The van der Waals surface area contributed by atoms with E-state index in [4.69, 9.17) is 11.6 Å². The fourth-order valence-corrected chi connectivity index (χ4v) is 1.11. The summed E-state index contributed by atoms with van der Waals surface area (Å²) in [7, 11) is 1.62. The lowest BCUT2D eigenvalue weighted by Crippen LogP contribution is -2.27. The zero-order valence-corrected chi connectivity index (χ0v) is 10.0. The smallest absolute Gasteiger partial charge is 0.307 e. The van der Waals surface area contributed by atoms with E-state index in [1.165, 1.54) is 4.90 Å². The number of urea groups is 1. The molecule has 0 fully saturated rings. The van der Waals surface area contributed by atoms with E-state index in [0.717, 1.165) is 6.42 Å². The SMILES string of the molecule is CCC#CN(C)C(=O)Nc1ccc(Cl)cc1. The summed E-state index contributed by atoms with van der Waals surface area (Å²) in [5, 5.41) is 3.34. The summed E-state index contributed by atoms with van der Waals surface area (Å²) in [6.07, 6.45) is 0.721. The summed E-state index contributed by atoms with van der Waals surface area (Å²) in [5.74, 6) is 2.82. The molecule has 1 aromatic rings. The second-order valence-corrected chi connectivity index (χ2v) is 3.57. The number of nitrogens with zero attached hydrogens (tertiary/aromatic N) is 1. The van der Waals surface area contributed by atoms with Crippen LogP contribution in [0.1, 0.15) is 13.3 Å². The van der Waals surface area contributed by atoms with Crippen molar-refractivity contribution in [3.05, 3.63) is 29.3 Å². The molecule has 4 heteroatoms. The Kier molecular flexibility index (Phi) is 4.68. The van der Waals surface area contributed by atoms with Gasteiger partial charge in [-0.15, -0.1) is 0 Å². The maximum atomic E-state index is 11.6. The summed E-state index contributed by atoms with van der Waals surface area (Å²) in [6, 6.07) is 9.36. The largest absolute Gasteiger partial charge is 0.333 e. The van der Waals surface area contributed by atoms with Crippen LogP contribution in [0.2, 0.25) is 5.02 Å². The molecule has 84 valence electrons. The lowest BCUT2D eigenvalue weighted by molar-refractivity contribution is 0.237. The maximum absolute atomic E-state index is 11.6. The van der Waals surface area contributed by atoms with Crippen molar-refractivity contribution in [3.63, 3.8) is 0 Å². The van der Waals surface area contributed by atoms with Crippen molar-refractivity contribution < 1.29 is 4.79 Å². The van der Waals surface area contributed by atoms with Gasteiger partial charge in [-0.25, -0.2) is 4.79 Å². The lowest BCUT2D eigenvalue weighted by Gasteiger charge is -2.10. The van der Waals surface area contributed by atoms with Crippen LogP contribution >= 0.6 is 11.6 Å². The first-order valence-electron chi connectivity index (χ1n) is 4.92. The number of amides is 2. The average molecular weight is 237 g/mol. The monoisotopic (exact) mass is 236 g/mol. The van der Waals surface area contributed by atoms with Crippen LogP contribution in [0.25, 0.3) is 0 Å². The normalized spacial score (nSPS) is 8.94. The fourth-order valence-electron chi connectivity index (χ4n) is 0.989. The first-order chi connectivity index (χ1) is 7.63. The predicted octanol–water partition coefficient (Wildman–Crippen LogP) is 3.17. The van der Waals surface area contributed by atoms with Crippen LogP contribution in [-0.2, 0) is 0 Å². The molecular formula is C12H13ClN2O. The summed E-state index contributed by atoms with van der Waals surface area (Å²) in [4.78, 5) is 12.9. The van der Waals surface area contributed by atoms with Gasteiger partial charge in [0.15, 0.2) is 0 Å². The average Bonchev–Trinajstić information content (AvgIpc) is 2.29. The molecule has 0 heterocycles. The number of hydrogen-bond donors (Lipinski definition) is 1. The molecule has 0 aliphatic rings. The van der Waals surface area contributed by atoms with Gasteiger partial charge in [-0.1, -0.05) is 24.4 Å². The Morgan fingerprint density at radius 2 is 2.06 bits per heavy atom. The van der Waals surface area contributed by atoms with Crippen LogP contribution in [0.4, 0.5) is 10.5 Å². The second kappa shape index (κ2) is 6.04. The van der Waals surface area contributed by atoms with E-state index in [2.05, 4.69) is 17.3 Å². The maximum Gasteiger partial charge on any atom is 0.333 e. The van der Waals surface area contributed by atoms with Crippen molar-refractivity contribution in [2.45, 2.75) is 13.3 Å². The standard InChI is InChI=1S/C12H13ClN2O/c1-3-4-9-15(2)12(16)14-11-7-5-10(13)6-8-11/h5-8H,3H2,1-2H3,(H,14,16). The van der Waals surface area contributed by atoms with Crippen LogP contribution in [-0.4, -0.2) is 18.0 Å². The van der Waals surface area contributed by atoms with E-state index in [1.807, 2.05) is 6.92 Å². The lowest BCUT2D eigenvalue weighted by atomic mass is 10.3. The summed E-state index contributed by atoms with van der Waals surface area (Å²) in [6.45, 7) is 1.93. The summed E-state index contributed by atoms with van der Waals surface area (Å²) >= 11 is 5.73. The topological polar surface area (TPSA) is 32.3 Å². The molecule has 0 aliphatic carbocycles. The molecule has 0 spiro atoms. The van der Waals surface area contributed by atoms with Gasteiger partial charge in [-0.2, -0.15) is 0 Å². The Morgan fingerprint density at radius 3 is 2.62 bits per heavy atom. The third-order valence-corrected chi connectivity index (χ3v) is 2.08. The van der Waals surface area contributed by atoms with Crippen molar-refractivity contribution in [1.82, 2.24) is 4.90 Å². The van der Waals surface area contributed by atoms with Crippen molar-refractivity contribution >= 4 is 23.3 Å². The molecule has 0 aliphatic heterocycles. The second-order valence-electron chi connectivity index (χ2n) is 3.14. The third-order valence-electron chi connectivity index (χ3n) is 1.82. The Hall–Kier alpha value is -1.66. The van der Waals surface area contributed by atoms with E-state index < -0.39 is 0 Å². The molecule has 0 atom stereocenters. The zero-order chi connectivity index (χ0) is 12.0. The highest BCUT2D eigenvalue weighted by Gasteiger charge is 2.05. The molecular weight excluding hydrogens is 224 g/mol. The third kappa shape index (κ3) is 3.84. The molecule has 3 nitrogen and oxygen atoms in total. The summed E-state index contributed by atoms with van der Waals surface area (Å²) in [5.41, 5.74) is 0.694. The molecule has 0 unspecified atom stereocenters. The molecule has 0 aromatic heterocycles. The highest BCUT2D eigenvalue weighted by atomic mass is 35.5. The quantitative estimate of drug-likeness (QED) is 0.590. The van der Waals surface area contributed by atoms with E-state index in [1.54, 1.807) is 31.3 Å². The number of hydrogen-bond acceptors (Lipinski definition) is 1. The molecule has 0 saturated carbocycles. The Bertz CT molecular complexity index is 417. The molecule has 1 rings (SSSR count). The molecule has 16 heavy (non-hydrogen) atoms. The van der Waals surface area contributed by atoms with Gasteiger partial charge in [0.05, 0.1) is 0 Å². The number of anilines is 1. The minimum absolute atomic E-state index is 0.261. The number of benzene rings is 1. The summed E-state index contributed by atoms with van der Waals surface area (Å²) < 4.78 is 0. The highest BCUT2D eigenvalue weighted by molar-refractivity contribution is 6.30. The first-order valence-corrected chi connectivity index (χ1v) is 5.30. The van der Waals surface area contributed by atoms with Crippen molar-refractivity contribution in [1.29, 1.82) is 0 Å². The number of carbonyl (C=O) groups is 1. The van der Waals surface area contributed by atoms with E-state index in [9.17, 15) is 4.79 Å². The molecule has 2 amide bonds.